The van der Waals surface area contributed by atoms with Crippen LogP contribution in [0.5, 0.6) is 0 Å². The van der Waals surface area contributed by atoms with E-state index in [1.165, 1.54) is 24.3 Å². The lowest BCUT2D eigenvalue weighted by Gasteiger charge is -2.02. The lowest BCUT2D eigenvalue weighted by molar-refractivity contribution is 0.626. The molecule has 0 amide bonds. The number of aryl methyl sites for hydroxylation is 2. The molecule has 4 heterocycles. The molecule has 0 unspecified atom stereocenters. The molecule has 6 aromatic rings. The number of hydrogen-bond acceptors (Lipinski definition) is 4. The molecule has 0 radical (unpaired) electrons. The van der Waals surface area contributed by atoms with Gasteiger partial charge in [-0.1, -0.05) is 11.8 Å². The van der Waals surface area contributed by atoms with Gasteiger partial charge in [0.2, 0.25) is 0 Å². The number of rotatable bonds is 2. The van der Waals surface area contributed by atoms with Crippen molar-refractivity contribution < 1.29 is 8.78 Å². The van der Waals surface area contributed by atoms with Crippen LogP contribution in [0.1, 0.15) is 28.2 Å². The number of benzene rings is 2. The minimum Gasteiger partial charge on any atom is -0.265 e. The average Bonchev–Trinajstić information content (AvgIpc) is 3.58. The van der Waals surface area contributed by atoms with Crippen LogP contribution < -0.4 is 0 Å². The fourth-order valence-corrected chi connectivity index (χ4v) is 4.35. The topological polar surface area (TPSA) is 61.4 Å². The first kappa shape index (κ1) is 30.8. The SMILES string of the molecule is C#Cc1ccncc1.Cc1cc(C#Cc2ccncc2)nn1-c1ccc(F)cc1.Cc1cc(I)nn1-c1ccc(F)cc1. The van der Waals surface area contributed by atoms with E-state index in [1.54, 1.807) is 70.5 Å². The number of aromatic nitrogens is 6. The lowest BCUT2D eigenvalue weighted by Crippen LogP contribution is -1.98. The molecular formula is C34H25F2IN6. The zero-order valence-corrected chi connectivity index (χ0v) is 25.4. The van der Waals surface area contributed by atoms with Gasteiger partial charge in [-0.2, -0.15) is 10.2 Å². The molecule has 2 aromatic carbocycles. The first-order valence-electron chi connectivity index (χ1n) is 12.9. The molecule has 0 fully saturated rings. The molecule has 0 saturated carbocycles. The van der Waals surface area contributed by atoms with Crippen molar-refractivity contribution in [1.29, 1.82) is 0 Å². The smallest absolute Gasteiger partial charge is 0.136 e. The van der Waals surface area contributed by atoms with Crippen LogP contribution in [0.25, 0.3) is 11.4 Å². The van der Waals surface area contributed by atoms with E-state index in [1.807, 2.05) is 38.1 Å². The van der Waals surface area contributed by atoms with Crippen LogP contribution in [0.4, 0.5) is 8.78 Å². The fraction of sp³-hybridized carbons (Fsp3) is 0.0588. The largest absolute Gasteiger partial charge is 0.265 e. The molecule has 0 saturated heterocycles. The van der Waals surface area contributed by atoms with Crippen molar-refractivity contribution >= 4 is 22.6 Å². The van der Waals surface area contributed by atoms with Crippen LogP contribution >= 0.6 is 22.6 Å². The Hall–Kier alpha value is -5.13. The van der Waals surface area contributed by atoms with Crippen LogP contribution in [0, 0.1) is 53.4 Å². The Morgan fingerprint density at radius 1 is 0.628 bits per heavy atom. The summed E-state index contributed by atoms with van der Waals surface area (Å²) in [6.45, 7) is 3.91. The van der Waals surface area contributed by atoms with E-state index in [0.717, 1.165) is 37.6 Å². The Morgan fingerprint density at radius 3 is 1.53 bits per heavy atom. The highest BCUT2D eigenvalue weighted by molar-refractivity contribution is 14.1. The van der Waals surface area contributed by atoms with Gasteiger partial charge in [-0.15, -0.1) is 6.42 Å². The molecule has 0 aliphatic carbocycles. The summed E-state index contributed by atoms with van der Waals surface area (Å²) in [5.41, 5.74) is 6.12. The zero-order chi connectivity index (χ0) is 30.6. The van der Waals surface area contributed by atoms with E-state index in [-0.39, 0.29) is 11.6 Å². The molecule has 0 atom stereocenters. The van der Waals surface area contributed by atoms with Crippen molar-refractivity contribution in [3.8, 4) is 35.6 Å². The molecule has 6 nitrogen and oxygen atoms in total. The van der Waals surface area contributed by atoms with Crippen LogP contribution in [-0.4, -0.2) is 29.5 Å². The molecule has 212 valence electrons. The van der Waals surface area contributed by atoms with Gasteiger partial charge in [0.05, 0.1) is 11.4 Å². The maximum Gasteiger partial charge on any atom is 0.136 e. The van der Waals surface area contributed by atoms with Crippen LogP contribution in [0.3, 0.4) is 0 Å². The Morgan fingerprint density at radius 2 is 1.09 bits per heavy atom. The molecule has 0 N–H and O–H groups in total. The maximum atomic E-state index is 13.0. The van der Waals surface area contributed by atoms with Gasteiger partial charge in [-0.3, -0.25) is 9.97 Å². The third-order valence-corrected chi connectivity index (χ3v) is 6.28. The Labute approximate surface area is 262 Å². The Kier molecular flexibility index (Phi) is 10.9. The average molecular weight is 683 g/mol. The van der Waals surface area contributed by atoms with E-state index in [4.69, 9.17) is 6.42 Å². The molecule has 0 aliphatic heterocycles. The fourth-order valence-electron chi connectivity index (χ4n) is 3.68. The van der Waals surface area contributed by atoms with Crippen LogP contribution in [0.2, 0.25) is 0 Å². The second-order valence-corrected chi connectivity index (χ2v) is 10.0. The number of nitrogens with zero attached hydrogens (tertiary/aromatic N) is 6. The van der Waals surface area contributed by atoms with Gasteiger partial charge in [0.15, 0.2) is 0 Å². The molecule has 43 heavy (non-hydrogen) atoms. The highest BCUT2D eigenvalue weighted by Crippen LogP contribution is 2.14. The van der Waals surface area contributed by atoms with Crippen LogP contribution in [0.15, 0.2) is 110 Å². The third-order valence-electron chi connectivity index (χ3n) is 5.75. The number of pyridine rings is 2. The third kappa shape index (κ3) is 9.18. The summed E-state index contributed by atoms with van der Waals surface area (Å²) >= 11 is 2.15. The van der Waals surface area contributed by atoms with Crippen molar-refractivity contribution in [2.45, 2.75) is 13.8 Å². The van der Waals surface area contributed by atoms with Crippen molar-refractivity contribution in [2.24, 2.45) is 0 Å². The van der Waals surface area contributed by atoms with Crippen molar-refractivity contribution in [1.82, 2.24) is 29.5 Å². The normalized spacial score (nSPS) is 9.77. The number of halogens is 3. The van der Waals surface area contributed by atoms with Gasteiger partial charge in [-0.05, 0) is 127 Å². The number of hydrogen-bond donors (Lipinski definition) is 0. The predicted octanol–water partition coefficient (Wildman–Crippen LogP) is 7.10. The van der Waals surface area contributed by atoms with Gasteiger partial charge in [-0.25, -0.2) is 18.1 Å². The lowest BCUT2D eigenvalue weighted by atomic mass is 10.2. The van der Waals surface area contributed by atoms with Gasteiger partial charge >= 0.3 is 0 Å². The molecule has 9 heteroatoms. The van der Waals surface area contributed by atoms with E-state index in [0.29, 0.717) is 5.69 Å². The summed E-state index contributed by atoms with van der Waals surface area (Å²) in [6, 6.07) is 23.7. The van der Waals surface area contributed by atoms with Crippen molar-refractivity contribution in [2.75, 3.05) is 0 Å². The number of terminal acetylenes is 1. The molecular weight excluding hydrogens is 657 g/mol. The summed E-state index contributed by atoms with van der Waals surface area (Å²) in [5.74, 6) is 8.05. The first-order valence-corrected chi connectivity index (χ1v) is 14.0. The summed E-state index contributed by atoms with van der Waals surface area (Å²) in [4.78, 5) is 7.74. The van der Waals surface area contributed by atoms with E-state index in [9.17, 15) is 8.78 Å². The minimum absolute atomic E-state index is 0.228. The maximum absolute atomic E-state index is 13.0. The Bertz CT molecular complexity index is 1860. The standard InChI is InChI=1S/C17H12FN3.C10H8FIN2.C7H5N/c1-13-12-16(5-2-14-8-10-19-11-9-14)20-21(13)17-6-3-15(18)4-7-17;1-7-6-10(12)13-14(7)9-4-2-8(11)3-5-9;1-2-7-3-5-8-6-4-7/h3-4,6-12H,1H3;2-6H,1H3;1,3-6H. The van der Waals surface area contributed by atoms with Gasteiger partial charge in [0.1, 0.15) is 21.0 Å². The second-order valence-electron chi connectivity index (χ2n) is 8.92. The molecule has 0 bridgehead atoms. The van der Waals surface area contributed by atoms with Gasteiger partial charge in [0.25, 0.3) is 0 Å². The molecule has 0 spiro atoms. The minimum atomic E-state index is -0.263. The molecule has 4 aromatic heterocycles. The highest BCUT2D eigenvalue weighted by atomic mass is 127. The summed E-state index contributed by atoms with van der Waals surface area (Å²) < 4.78 is 30.1. The van der Waals surface area contributed by atoms with Crippen LogP contribution in [-0.2, 0) is 0 Å². The van der Waals surface area contributed by atoms with Gasteiger partial charge < -0.3 is 0 Å². The summed E-state index contributed by atoms with van der Waals surface area (Å²) in [6.07, 6.45) is 11.8. The second kappa shape index (κ2) is 15.2. The first-order chi connectivity index (χ1) is 20.8. The molecule has 0 aliphatic rings. The van der Waals surface area contributed by atoms with Crippen molar-refractivity contribution in [3.63, 3.8) is 0 Å². The highest BCUT2D eigenvalue weighted by Gasteiger charge is 2.05. The predicted molar refractivity (Wildman–Crippen MR) is 172 cm³/mol. The van der Waals surface area contributed by atoms with E-state index >= 15 is 0 Å². The summed E-state index contributed by atoms with van der Waals surface area (Å²) in [7, 11) is 0. The quantitative estimate of drug-likeness (QED) is 0.145. The zero-order valence-electron chi connectivity index (χ0n) is 23.3. The van der Waals surface area contributed by atoms with E-state index in [2.05, 4.69) is 60.5 Å². The van der Waals surface area contributed by atoms with E-state index < -0.39 is 0 Å². The Balaban J connectivity index is 0.000000165. The van der Waals surface area contributed by atoms with Gasteiger partial charge in [0, 0.05) is 47.3 Å². The van der Waals surface area contributed by atoms with Crippen molar-refractivity contribution in [3.05, 3.63) is 153 Å². The summed E-state index contributed by atoms with van der Waals surface area (Å²) in [5, 5.41) is 8.72. The molecule has 6 rings (SSSR count). The monoisotopic (exact) mass is 682 g/mol.